The van der Waals surface area contributed by atoms with Crippen molar-refractivity contribution in [2.24, 2.45) is 0 Å². The molecule has 0 radical (unpaired) electrons. The monoisotopic (exact) mass is 256 g/mol. The number of hydrogen-bond donors (Lipinski definition) is 0. The average molecular weight is 256 g/mol. The molecule has 3 aromatic rings. The third-order valence-electron chi connectivity index (χ3n) is 2.39. The summed E-state index contributed by atoms with van der Waals surface area (Å²) in [6.45, 7) is 0. The molecule has 0 saturated carbocycles. The van der Waals surface area contributed by atoms with Gasteiger partial charge >= 0.3 is 0 Å². The van der Waals surface area contributed by atoms with Gasteiger partial charge in [-0.25, -0.2) is 9.97 Å². The van der Waals surface area contributed by atoms with Gasteiger partial charge in [0.1, 0.15) is 22.4 Å². The maximum absolute atomic E-state index is 10.7. The molecule has 0 aliphatic heterocycles. The van der Waals surface area contributed by atoms with Crippen molar-refractivity contribution in [3.05, 3.63) is 40.8 Å². The Labute approximate surface area is 106 Å². The van der Waals surface area contributed by atoms with Crippen LogP contribution in [0, 0.1) is 0 Å². The van der Waals surface area contributed by atoms with Crippen LogP contribution < -0.4 is 5.11 Å². The van der Waals surface area contributed by atoms with Gasteiger partial charge in [0, 0.05) is 5.38 Å². The molecule has 0 amide bonds. The molecule has 6 heteroatoms. The lowest BCUT2D eigenvalue weighted by Crippen LogP contribution is -2.21. The fourth-order valence-electron chi connectivity index (χ4n) is 1.57. The van der Waals surface area contributed by atoms with Crippen LogP contribution in [0.5, 0.6) is 0 Å². The fourth-order valence-corrected chi connectivity index (χ4v) is 2.21. The lowest BCUT2D eigenvalue weighted by molar-refractivity contribution is -0.255. The maximum Gasteiger partial charge on any atom is 0.139 e. The Morgan fingerprint density at radius 1 is 1.11 bits per heavy atom. The molecule has 2 heterocycles. The summed E-state index contributed by atoms with van der Waals surface area (Å²) in [5, 5.41) is 12.2. The van der Waals surface area contributed by atoms with E-state index in [1.807, 2.05) is 24.3 Å². The number of hydrogen-bond acceptors (Lipinski definition) is 6. The Balaban J connectivity index is 2.10. The second-order valence-corrected chi connectivity index (χ2v) is 4.43. The van der Waals surface area contributed by atoms with Crippen molar-refractivity contribution >= 4 is 28.3 Å². The van der Waals surface area contributed by atoms with Gasteiger partial charge in [0.25, 0.3) is 0 Å². The first kappa shape index (κ1) is 10.8. The van der Waals surface area contributed by atoms with Gasteiger partial charge in [-0.05, 0) is 12.1 Å². The standard InChI is InChI=1S/C12H7N3O2S/c16-12(17)11-15-10(6-18-11)9-5-13-7-3-1-2-4-8(7)14-9/h1-6H,(H,16,17)/p-1. The highest BCUT2D eigenvalue weighted by Gasteiger charge is 2.07. The number of benzene rings is 1. The summed E-state index contributed by atoms with van der Waals surface area (Å²) >= 11 is 1.02. The van der Waals surface area contributed by atoms with Crippen molar-refractivity contribution in [2.45, 2.75) is 0 Å². The van der Waals surface area contributed by atoms with Gasteiger partial charge < -0.3 is 9.90 Å². The third-order valence-corrected chi connectivity index (χ3v) is 3.21. The highest BCUT2D eigenvalue weighted by atomic mass is 32.1. The second-order valence-electron chi connectivity index (χ2n) is 3.57. The van der Waals surface area contributed by atoms with Crippen LogP contribution in [0.4, 0.5) is 0 Å². The van der Waals surface area contributed by atoms with E-state index in [2.05, 4.69) is 15.0 Å². The number of carbonyl (C=O) groups excluding carboxylic acids is 1. The van der Waals surface area contributed by atoms with Gasteiger partial charge in [0.05, 0.1) is 17.2 Å². The molecule has 0 bridgehead atoms. The summed E-state index contributed by atoms with van der Waals surface area (Å²) in [5.41, 5.74) is 2.59. The summed E-state index contributed by atoms with van der Waals surface area (Å²) in [6.07, 6.45) is 1.58. The average Bonchev–Trinajstić information content (AvgIpc) is 2.88. The zero-order chi connectivity index (χ0) is 12.5. The number of carbonyl (C=O) groups is 1. The van der Waals surface area contributed by atoms with Crippen molar-refractivity contribution in [2.75, 3.05) is 0 Å². The molecule has 0 unspecified atom stereocenters. The number of aromatic carboxylic acids is 1. The topological polar surface area (TPSA) is 78.8 Å². The minimum Gasteiger partial charge on any atom is -0.542 e. The molecular weight excluding hydrogens is 250 g/mol. The molecule has 0 atom stereocenters. The number of nitrogens with zero attached hydrogens (tertiary/aromatic N) is 3. The van der Waals surface area contributed by atoms with Crippen LogP contribution >= 0.6 is 11.3 Å². The second kappa shape index (κ2) is 4.15. The van der Waals surface area contributed by atoms with E-state index in [4.69, 9.17) is 0 Å². The number of aromatic nitrogens is 3. The predicted molar refractivity (Wildman–Crippen MR) is 65.0 cm³/mol. The Morgan fingerprint density at radius 3 is 2.61 bits per heavy atom. The lowest BCUT2D eigenvalue weighted by Gasteiger charge is -1.99. The van der Waals surface area contributed by atoms with Crippen molar-refractivity contribution < 1.29 is 9.90 Å². The molecule has 5 nitrogen and oxygen atoms in total. The van der Waals surface area contributed by atoms with Gasteiger partial charge in [-0.2, -0.15) is 0 Å². The van der Waals surface area contributed by atoms with E-state index < -0.39 is 5.97 Å². The van der Waals surface area contributed by atoms with Gasteiger partial charge in [-0.15, -0.1) is 11.3 Å². The molecular formula is C12H6N3O2S-. The van der Waals surface area contributed by atoms with Crippen LogP contribution in [0.1, 0.15) is 9.80 Å². The molecule has 0 saturated heterocycles. The first-order chi connectivity index (χ1) is 8.74. The lowest BCUT2D eigenvalue weighted by atomic mass is 10.3. The van der Waals surface area contributed by atoms with Crippen LogP contribution in [0.2, 0.25) is 0 Å². The van der Waals surface area contributed by atoms with E-state index in [1.165, 1.54) is 0 Å². The summed E-state index contributed by atoms with van der Waals surface area (Å²) in [4.78, 5) is 23.2. The van der Waals surface area contributed by atoms with Crippen molar-refractivity contribution in [3.63, 3.8) is 0 Å². The van der Waals surface area contributed by atoms with Gasteiger partial charge in [-0.3, -0.25) is 4.98 Å². The van der Waals surface area contributed by atoms with Crippen LogP contribution in [0.3, 0.4) is 0 Å². The zero-order valence-corrected chi connectivity index (χ0v) is 9.85. The number of rotatable bonds is 2. The molecule has 18 heavy (non-hydrogen) atoms. The largest absolute Gasteiger partial charge is 0.542 e. The van der Waals surface area contributed by atoms with E-state index in [0.717, 1.165) is 22.4 Å². The molecule has 0 spiro atoms. The van der Waals surface area contributed by atoms with E-state index in [0.29, 0.717) is 11.4 Å². The van der Waals surface area contributed by atoms with Gasteiger partial charge in [0.15, 0.2) is 0 Å². The molecule has 88 valence electrons. The predicted octanol–water partition coefficient (Wildman–Crippen LogP) is 1.12. The number of fused-ring (bicyclic) bond motifs is 1. The Hall–Kier alpha value is -2.34. The van der Waals surface area contributed by atoms with Crippen molar-refractivity contribution in [1.29, 1.82) is 0 Å². The minimum absolute atomic E-state index is 0.0556. The highest BCUT2D eigenvalue weighted by molar-refractivity contribution is 7.11. The zero-order valence-electron chi connectivity index (χ0n) is 9.03. The number of thiazole rings is 1. The van der Waals surface area contributed by atoms with Gasteiger partial charge in [0.2, 0.25) is 0 Å². The van der Waals surface area contributed by atoms with Crippen molar-refractivity contribution in [1.82, 2.24) is 15.0 Å². The summed E-state index contributed by atoms with van der Waals surface area (Å²) < 4.78 is 0. The Morgan fingerprint density at radius 2 is 1.89 bits per heavy atom. The first-order valence-corrected chi connectivity index (χ1v) is 6.01. The van der Waals surface area contributed by atoms with Crippen LogP contribution in [0.25, 0.3) is 22.4 Å². The molecule has 0 aliphatic carbocycles. The first-order valence-electron chi connectivity index (χ1n) is 5.13. The van der Waals surface area contributed by atoms with E-state index >= 15 is 0 Å². The Kier molecular flexibility index (Phi) is 2.49. The SMILES string of the molecule is O=C([O-])c1nc(-c2cnc3ccccc3n2)cs1. The third kappa shape index (κ3) is 1.82. The van der Waals surface area contributed by atoms with E-state index in [9.17, 15) is 9.90 Å². The number of carboxylic acid groups (broad SMARTS) is 1. The minimum atomic E-state index is -1.28. The van der Waals surface area contributed by atoms with Crippen LogP contribution in [0.15, 0.2) is 35.8 Å². The molecule has 0 aliphatic rings. The smallest absolute Gasteiger partial charge is 0.139 e. The summed E-state index contributed by atoms with van der Waals surface area (Å²) in [7, 11) is 0. The summed E-state index contributed by atoms with van der Waals surface area (Å²) in [5.74, 6) is -1.28. The highest BCUT2D eigenvalue weighted by Crippen LogP contribution is 2.21. The Bertz CT molecular complexity index is 739. The molecule has 2 aromatic heterocycles. The van der Waals surface area contributed by atoms with E-state index in [1.54, 1.807) is 11.6 Å². The molecule has 0 fully saturated rings. The molecule has 0 N–H and O–H groups in total. The maximum atomic E-state index is 10.7. The quantitative estimate of drug-likeness (QED) is 0.686. The number of carboxylic acids is 1. The normalized spacial score (nSPS) is 10.7. The van der Waals surface area contributed by atoms with E-state index in [-0.39, 0.29) is 5.01 Å². The molecule has 1 aromatic carbocycles. The summed E-state index contributed by atoms with van der Waals surface area (Å²) in [6, 6.07) is 7.46. The fraction of sp³-hybridized carbons (Fsp3) is 0. The van der Waals surface area contributed by atoms with Crippen LogP contribution in [-0.4, -0.2) is 20.9 Å². The molecule has 3 rings (SSSR count). The van der Waals surface area contributed by atoms with Crippen molar-refractivity contribution in [3.8, 4) is 11.4 Å². The van der Waals surface area contributed by atoms with Crippen LogP contribution in [-0.2, 0) is 0 Å². The van der Waals surface area contributed by atoms with Gasteiger partial charge in [-0.1, -0.05) is 12.1 Å². The number of para-hydroxylation sites is 2.